The number of hydrogen-bond donors (Lipinski definition) is 2. The zero-order valence-corrected chi connectivity index (χ0v) is 15.8. The Balaban J connectivity index is 2.10. The smallest absolute Gasteiger partial charge is 0.194 e. The van der Waals surface area contributed by atoms with Crippen LogP contribution in [-0.4, -0.2) is 55.9 Å². The van der Waals surface area contributed by atoms with Crippen molar-refractivity contribution in [1.82, 2.24) is 10.2 Å². The van der Waals surface area contributed by atoms with Crippen LogP contribution in [0.1, 0.15) is 38.2 Å². The number of nitrogens with zero attached hydrogens (tertiary/aromatic N) is 2. The third-order valence-electron chi connectivity index (χ3n) is 4.66. The Morgan fingerprint density at radius 1 is 1.28 bits per heavy atom. The number of ether oxygens (including phenoxy) is 2. The molecule has 0 amide bonds. The molecule has 140 valence electrons. The van der Waals surface area contributed by atoms with Crippen LogP contribution in [0.15, 0.2) is 23.2 Å². The minimum absolute atomic E-state index is 0.444. The molecule has 1 aromatic rings. The number of rotatable bonds is 7. The molecule has 1 saturated carbocycles. The second-order valence-electron chi connectivity index (χ2n) is 6.64. The van der Waals surface area contributed by atoms with Crippen molar-refractivity contribution in [2.45, 2.75) is 44.8 Å². The van der Waals surface area contributed by atoms with Crippen molar-refractivity contribution in [3.63, 3.8) is 0 Å². The van der Waals surface area contributed by atoms with Gasteiger partial charge in [-0.15, -0.1) is 0 Å². The van der Waals surface area contributed by atoms with Crippen molar-refractivity contribution in [2.24, 2.45) is 4.99 Å². The summed E-state index contributed by atoms with van der Waals surface area (Å²) in [5, 5.41) is 13.8. The molecule has 1 aliphatic rings. The van der Waals surface area contributed by atoms with Crippen molar-refractivity contribution >= 4 is 5.96 Å². The van der Waals surface area contributed by atoms with Gasteiger partial charge in [0, 0.05) is 31.8 Å². The summed E-state index contributed by atoms with van der Waals surface area (Å²) in [5.41, 5.74) is 0.412. The van der Waals surface area contributed by atoms with E-state index in [1.54, 1.807) is 14.2 Å². The van der Waals surface area contributed by atoms with Gasteiger partial charge in [0.15, 0.2) is 5.96 Å². The third-order valence-corrected chi connectivity index (χ3v) is 4.66. The molecule has 2 rings (SSSR count). The van der Waals surface area contributed by atoms with E-state index in [0.29, 0.717) is 13.1 Å². The highest BCUT2D eigenvalue weighted by Crippen LogP contribution is 2.29. The zero-order chi connectivity index (χ0) is 18.3. The molecule has 6 nitrogen and oxygen atoms in total. The monoisotopic (exact) mass is 349 g/mol. The Kier molecular flexibility index (Phi) is 6.93. The van der Waals surface area contributed by atoms with Crippen LogP contribution in [0.5, 0.6) is 11.5 Å². The lowest BCUT2D eigenvalue weighted by Crippen LogP contribution is -2.40. The Morgan fingerprint density at radius 3 is 2.60 bits per heavy atom. The summed E-state index contributed by atoms with van der Waals surface area (Å²) in [6.45, 7) is 3.92. The van der Waals surface area contributed by atoms with Gasteiger partial charge in [0.25, 0.3) is 0 Å². The lowest BCUT2D eigenvalue weighted by Gasteiger charge is -2.25. The second kappa shape index (κ2) is 8.94. The first-order chi connectivity index (χ1) is 12.0. The molecule has 0 radical (unpaired) electrons. The van der Waals surface area contributed by atoms with Gasteiger partial charge in [-0.3, -0.25) is 4.99 Å². The Labute approximate surface area is 150 Å². The minimum Gasteiger partial charge on any atom is -0.497 e. The summed E-state index contributed by atoms with van der Waals surface area (Å²) in [6.07, 6.45) is 3.85. The van der Waals surface area contributed by atoms with Gasteiger partial charge in [0.2, 0.25) is 0 Å². The lowest BCUT2D eigenvalue weighted by molar-refractivity contribution is 0.0572. The summed E-state index contributed by atoms with van der Waals surface area (Å²) < 4.78 is 10.7. The maximum Gasteiger partial charge on any atom is 0.194 e. The van der Waals surface area contributed by atoms with Gasteiger partial charge in [-0.05, 0) is 31.9 Å². The number of benzene rings is 1. The molecule has 1 fully saturated rings. The molecule has 0 unspecified atom stereocenters. The molecule has 0 aliphatic heterocycles. The highest BCUT2D eigenvalue weighted by Gasteiger charge is 2.31. The van der Waals surface area contributed by atoms with Crippen LogP contribution in [0.3, 0.4) is 0 Å². The molecule has 0 bridgehead atoms. The summed E-state index contributed by atoms with van der Waals surface area (Å²) in [6, 6.07) is 5.81. The number of aliphatic imine (C=N–C) groups is 1. The number of hydrogen-bond acceptors (Lipinski definition) is 4. The molecule has 0 saturated heterocycles. The molecule has 0 aromatic heterocycles. The highest BCUT2D eigenvalue weighted by atomic mass is 16.5. The lowest BCUT2D eigenvalue weighted by atomic mass is 10.0. The van der Waals surface area contributed by atoms with Crippen LogP contribution in [0, 0.1) is 0 Å². The van der Waals surface area contributed by atoms with Crippen LogP contribution >= 0.6 is 0 Å². The predicted octanol–water partition coefficient (Wildman–Crippen LogP) is 2.41. The van der Waals surface area contributed by atoms with E-state index in [2.05, 4.69) is 10.3 Å². The SMILES string of the molecule is CCNC(=NCC1(O)CCCC1)N(C)Cc1ccc(OC)cc1OC. The molecule has 25 heavy (non-hydrogen) atoms. The highest BCUT2D eigenvalue weighted by molar-refractivity contribution is 5.79. The van der Waals surface area contributed by atoms with E-state index in [1.807, 2.05) is 37.1 Å². The van der Waals surface area contributed by atoms with E-state index in [-0.39, 0.29) is 0 Å². The van der Waals surface area contributed by atoms with Crippen molar-refractivity contribution in [2.75, 3.05) is 34.4 Å². The Hall–Kier alpha value is -1.95. The second-order valence-corrected chi connectivity index (χ2v) is 6.64. The maximum atomic E-state index is 10.5. The van der Waals surface area contributed by atoms with Gasteiger partial charge >= 0.3 is 0 Å². The molecule has 1 aromatic carbocycles. The fourth-order valence-corrected chi connectivity index (χ4v) is 3.20. The quantitative estimate of drug-likeness (QED) is 0.584. The molecule has 0 atom stereocenters. The van der Waals surface area contributed by atoms with E-state index in [0.717, 1.165) is 55.3 Å². The van der Waals surface area contributed by atoms with E-state index in [1.165, 1.54) is 0 Å². The molecular weight excluding hydrogens is 318 g/mol. The first-order valence-electron chi connectivity index (χ1n) is 8.94. The standard InChI is InChI=1S/C19H31N3O3/c1-5-20-18(21-14-19(23)10-6-7-11-19)22(2)13-15-8-9-16(24-3)12-17(15)25-4/h8-9,12,23H,5-7,10-11,13-14H2,1-4H3,(H,20,21). The molecule has 6 heteroatoms. The maximum absolute atomic E-state index is 10.5. The predicted molar refractivity (Wildman–Crippen MR) is 100 cm³/mol. The summed E-state index contributed by atoms with van der Waals surface area (Å²) in [7, 11) is 5.29. The topological polar surface area (TPSA) is 66.3 Å². The zero-order valence-electron chi connectivity index (χ0n) is 15.8. The first-order valence-corrected chi connectivity index (χ1v) is 8.94. The average molecular weight is 349 g/mol. The van der Waals surface area contributed by atoms with Gasteiger partial charge in [0.05, 0.1) is 26.4 Å². The van der Waals surface area contributed by atoms with E-state index in [4.69, 9.17) is 9.47 Å². The molecule has 0 heterocycles. The van der Waals surface area contributed by atoms with Crippen LogP contribution in [0.2, 0.25) is 0 Å². The van der Waals surface area contributed by atoms with Gasteiger partial charge in [-0.25, -0.2) is 0 Å². The summed E-state index contributed by atoms with van der Waals surface area (Å²) >= 11 is 0. The van der Waals surface area contributed by atoms with Crippen LogP contribution in [-0.2, 0) is 6.54 Å². The molecule has 2 N–H and O–H groups in total. The Bertz CT molecular complexity index is 583. The number of guanidine groups is 1. The van der Waals surface area contributed by atoms with Crippen molar-refractivity contribution in [3.05, 3.63) is 23.8 Å². The van der Waals surface area contributed by atoms with Crippen molar-refractivity contribution < 1.29 is 14.6 Å². The third kappa shape index (κ3) is 5.26. The average Bonchev–Trinajstić information content (AvgIpc) is 3.05. The van der Waals surface area contributed by atoms with Crippen LogP contribution in [0.25, 0.3) is 0 Å². The number of aliphatic hydroxyl groups is 1. The summed E-state index contributed by atoms with van der Waals surface area (Å²) in [4.78, 5) is 6.72. The van der Waals surface area contributed by atoms with Crippen LogP contribution in [0.4, 0.5) is 0 Å². The van der Waals surface area contributed by atoms with Gasteiger partial charge in [-0.1, -0.05) is 12.8 Å². The van der Waals surface area contributed by atoms with Gasteiger partial charge < -0.3 is 24.8 Å². The van der Waals surface area contributed by atoms with Crippen LogP contribution < -0.4 is 14.8 Å². The number of methoxy groups -OCH3 is 2. The number of nitrogens with one attached hydrogen (secondary N) is 1. The van der Waals surface area contributed by atoms with Gasteiger partial charge in [-0.2, -0.15) is 0 Å². The van der Waals surface area contributed by atoms with E-state index >= 15 is 0 Å². The van der Waals surface area contributed by atoms with Crippen molar-refractivity contribution in [1.29, 1.82) is 0 Å². The molecule has 1 aliphatic carbocycles. The van der Waals surface area contributed by atoms with E-state index < -0.39 is 5.60 Å². The molecule has 0 spiro atoms. The minimum atomic E-state index is -0.640. The Morgan fingerprint density at radius 2 is 2.00 bits per heavy atom. The fraction of sp³-hybridized carbons (Fsp3) is 0.632. The fourth-order valence-electron chi connectivity index (χ4n) is 3.20. The molecular formula is C19H31N3O3. The largest absolute Gasteiger partial charge is 0.497 e. The normalized spacial score (nSPS) is 16.6. The first kappa shape index (κ1) is 19.4. The summed E-state index contributed by atoms with van der Waals surface area (Å²) in [5.74, 6) is 2.35. The van der Waals surface area contributed by atoms with Crippen molar-refractivity contribution in [3.8, 4) is 11.5 Å². The van der Waals surface area contributed by atoms with Gasteiger partial charge in [0.1, 0.15) is 11.5 Å². The van der Waals surface area contributed by atoms with E-state index in [9.17, 15) is 5.11 Å².